The minimum absolute atomic E-state index is 0. The van der Waals surface area contributed by atoms with Crippen molar-refractivity contribution in [1.29, 1.82) is 0 Å². The summed E-state index contributed by atoms with van der Waals surface area (Å²) in [7, 11) is 0. The monoisotopic (exact) mass is 133 g/mol. The SMILES string of the molecule is Cl.[O-][n+]1ccnnc1. The van der Waals surface area contributed by atoms with Crippen LogP contribution in [0.2, 0.25) is 0 Å². The maximum atomic E-state index is 10.1. The van der Waals surface area contributed by atoms with E-state index < -0.39 is 0 Å². The Labute approximate surface area is 52.2 Å². The van der Waals surface area contributed by atoms with Crippen LogP contribution >= 0.6 is 12.4 Å². The van der Waals surface area contributed by atoms with Crippen LogP contribution in [0, 0.1) is 5.21 Å². The Balaban J connectivity index is 0.000000490. The zero-order valence-corrected chi connectivity index (χ0v) is 4.71. The molecule has 8 heavy (non-hydrogen) atoms. The Morgan fingerprint density at radius 2 is 2.12 bits per heavy atom. The molecule has 1 rings (SSSR count). The first-order valence-electron chi connectivity index (χ1n) is 1.75. The van der Waals surface area contributed by atoms with Crippen LogP contribution in [0.1, 0.15) is 0 Å². The second kappa shape index (κ2) is 3.15. The highest BCUT2D eigenvalue weighted by atomic mass is 35.5. The van der Waals surface area contributed by atoms with Gasteiger partial charge in [-0.2, -0.15) is 0 Å². The summed E-state index contributed by atoms with van der Waals surface area (Å²) in [5.41, 5.74) is 0. The van der Waals surface area contributed by atoms with E-state index in [-0.39, 0.29) is 12.4 Å². The van der Waals surface area contributed by atoms with Crippen LogP contribution in [0.25, 0.3) is 0 Å². The maximum Gasteiger partial charge on any atom is 0.317 e. The van der Waals surface area contributed by atoms with Crippen molar-refractivity contribution in [3.63, 3.8) is 0 Å². The lowest BCUT2D eigenvalue weighted by atomic mass is 10.9. The minimum atomic E-state index is 0. The van der Waals surface area contributed by atoms with Gasteiger partial charge in [0, 0.05) is 0 Å². The Hall–Kier alpha value is -0.900. The van der Waals surface area contributed by atoms with E-state index in [0.717, 1.165) is 6.33 Å². The summed E-state index contributed by atoms with van der Waals surface area (Å²) >= 11 is 0. The van der Waals surface area contributed by atoms with Crippen molar-refractivity contribution in [3.05, 3.63) is 23.9 Å². The zero-order valence-electron chi connectivity index (χ0n) is 3.89. The van der Waals surface area contributed by atoms with Crippen LogP contribution in [0.3, 0.4) is 0 Å². The topological polar surface area (TPSA) is 52.7 Å². The predicted molar refractivity (Wildman–Crippen MR) is 28.2 cm³/mol. The molecule has 0 saturated heterocycles. The first-order chi connectivity index (χ1) is 3.39. The summed E-state index contributed by atoms with van der Waals surface area (Å²) in [5, 5.41) is 16.7. The van der Waals surface area contributed by atoms with E-state index in [9.17, 15) is 5.21 Å². The second-order valence-corrected chi connectivity index (χ2v) is 1.00. The van der Waals surface area contributed by atoms with Crippen molar-refractivity contribution in [3.8, 4) is 0 Å². The molecule has 1 aromatic rings. The molecule has 44 valence electrons. The Morgan fingerprint density at radius 1 is 1.38 bits per heavy atom. The molecule has 1 aromatic heterocycles. The minimum Gasteiger partial charge on any atom is -0.711 e. The van der Waals surface area contributed by atoms with Gasteiger partial charge in [0.05, 0.1) is 5.10 Å². The van der Waals surface area contributed by atoms with Crippen LogP contribution in [0.15, 0.2) is 18.7 Å². The van der Waals surface area contributed by atoms with Crippen LogP contribution in [-0.4, -0.2) is 10.2 Å². The molecule has 0 bridgehead atoms. The van der Waals surface area contributed by atoms with Crippen molar-refractivity contribution in [2.24, 2.45) is 0 Å². The van der Waals surface area contributed by atoms with Gasteiger partial charge in [0.2, 0.25) is 0 Å². The molecule has 4 nitrogen and oxygen atoms in total. The number of aromatic nitrogens is 3. The lowest BCUT2D eigenvalue weighted by molar-refractivity contribution is -0.609. The Bertz CT molecular complexity index is 144. The highest BCUT2D eigenvalue weighted by molar-refractivity contribution is 5.85. The largest absolute Gasteiger partial charge is 0.711 e. The Kier molecular flexibility index (Phi) is 2.79. The summed E-state index contributed by atoms with van der Waals surface area (Å²) < 4.78 is 0.576. The van der Waals surface area contributed by atoms with Crippen LogP contribution < -0.4 is 4.73 Å². The first kappa shape index (κ1) is 7.10. The van der Waals surface area contributed by atoms with E-state index in [1.807, 2.05) is 0 Å². The van der Waals surface area contributed by atoms with Crippen molar-refractivity contribution < 1.29 is 4.73 Å². The summed E-state index contributed by atoms with van der Waals surface area (Å²) in [6.07, 6.45) is 3.68. The molecule has 0 spiro atoms. The molecule has 0 saturated carbocycles. The first-order valence-corrected chi connectivity index (χ1v) is 1.75. The normalized spacial score (nSPS) is 7.50. The third-order valence-electron chi connectivity index (χ3n) is 0.512. The van der Waals surface area contributed by atoms with Gasteiger partial charge in [-0.1, -0.05) is 0 Å². The Morgan fingerprint density at radius 3 is 2.38 bits per heavy atom. The quantitative estimate of drug-likeness (QED) is 0.355. The fourth-order valence-corrected chi connectivity index (χ4v) is 0.253. The van der Waals surface area contributed by atoms with Crippen molar-refractivity contribution in [1.82, 2.24) is 10.2 Å². The van der Waals surface area contributed by atoms with Gasteiger partial charge in [-0.05, 0) is 5.10 Å². The number of rotatable bonds is 0. The van der Waals surface area contributed by atoms with Gasteiger partial charge in [0.1, 0.15) is 12.4 Å². The molecule has 1 heterocycles. The summed E-state index contributed by atoms with van der Waals surface area (Å²) in [6, 6.07) is 0. The van der Waals surface area contributed by atoms with Crippen LogP contribution in [0.5, 0.6) is 0 Å². The molecular weight excluding hydrogens is 130 g/mol. The average molecular weight is 134 g/mol. The molecule has 0 aromatic carbocycles. The molecule has 0 aliphatic heterocycles. The van der Waals surface area contributed by atoms with Gasteiger partial charge in [-0.3, -0.25) is 0 Å². The third-order valence-corrected chi connectivity index (χ3v) is 0.512. The van der Waals surface area contributed by atoms with E-state index >= 15 is 0 Å². The van der Waals surface area contributed by atoms with Crippen molar-refractivity contribution in [2.75, 3.05) is 0 Å². The third kappa shape index (κ3) is 1.70. The van der Waals surface area contributed by atoms with E-state index in [0.29, 0.717) is 4.73 Å². The fraction of sp³-hybridized carbons (Fsp3) is 0. The van der Waals surface area contributed by atoms with Gasteiger partial charge in [0.15, 0.2) is 0 Å². The molecule has 5 heteroatoms. The summed E-state index contributed by atoms with van der Waals surface area (Å²) in [5.74, 6) is 0. The fourth-order valence-electron chi connectivity index (χ4n) is 0.253. The number of halogens is 1. The van der Waals surface area contributed by atoms with Gasteiger partial charge in [0.25, 0.3) is 0 Å². The van der Waals surface area contributed by atoms with Gasteiger partial charge in [-0.25, -0.2) is 4.73 Å². The molecule has 0 aliphatic carbocycles. The van der Waals surface area contributed by atoms with Gasteiger partial charge < -0.3 is 5.21 Å². The zero-order chi connectivity index (χ0) is 5.11. The number of nitrogens with zero attached hydrogens (tertiary/aromatic N) is 3. The van der Waals surface area contributed by atoms with Crippen molar-refractivity contribution in [2.45, 2.75) is 0 Å². The highest BCUT2D eigenvalue weighted by Crippen LogP contribution is 1.57. The van der Waals surface area contributed by atoms with Crippen LogP contribution in [0.4, 0.5) is 0 Å². The second-order valence-electron chi connectivity index (χ2n) is 1.00. The van der Waals surface area contributed by atoms with E-state index in [2.05, 4.69) is 10.2 Å². The lowest BCUT2D eigenvalue weighted by Crippen LogP contribution is -2.24. The van der Waals surface area contributed by atoms with E-state index in [1.165, 1.54) is 12.4 Å². The maximum absolute atomic E-state index is 10.1. The molecule has 0 fully saturated rings. The molecule has 0 aliphatic rings. The standard InChI is InChI=1S/C3H3N3O.ClH/c7-6-2-1-4-5-3-6;/h1-3H;1H. The number of hydrogen-bond donors (Lipinski definition) is 0. The molecule has 0 atom stereocenters. The van der Waals surface area contributed by atoms with E-state index in [4.69, 9.17) is 0 Å². The number of hydrogen-bond acceptors (Lipinski definition) is 3. The molecule has 0 unspecified atom stereocenters. The average Bonchev–Trinajstić information content (AvgIpc) is 1.69. The van der Waals surface area contributed by atoms with E-state index in [1.54, 1.807) is 0 Å². The molecule has 0 N–H and O–H groups in total. The molecular formula is C3H4ClN3O. The van der Waals surface area contributed by atoms with Gasteiger partial charge >= 0.3 is 6.33 Å². The van der Waals surface area contributed by atoms with Gasteiger partial charge in [-0.15, -0.1) is 12.4 Å². The smallest absolute Gasteiger partial charge is 0.317 e. The van der Waals surface area contributed by atoms with Crippen molar-refractivity contribution >= 4 is 12.4 Å². The molecule has 0 amide bonds. The molecule has 0 radical (unpaired) electrons. The predicted octanol–water partition coefficient (Wildman–Crippen LogP) is -0.468. The summed E-state index contributed by atoms with van der Waals surface area (Å²) in [4.78, 5) is 0. The summed E-state index contributed by atoms with van der Waals surface area (Å²) in [6.45, 7) is 0. The highest BCUT2D eigenvalue weighted by Gasteiger charge is 1.77. The lowest BCUT2D eigenvalue weighted by Gasteiger charge is -1.91. The van der Waals surface area contributed by atoms with Crippen LogP contribution in [-0.2, 0) is 0 Å².